The Hall–Kier alpha value is -3.73. The minimum Gasteiger partial charge on any atom is -0.379 e. The summed E-state index contributed by atoms with van der Waals surface area (Å²) in [6.45, 7) is 4.29. The zero-order valence-corrected chi connectivity index (χ0v) is 19.6. The molecule has 0 unspecified atom stereocenters. The topological polar surface area (TPSA) is 58.1 Å². The molecule has 1 aliphatic rings. The molecule has 2 aromatic heterocycles. The van der Waals surface area contributed by atoms with Gasteiger partial charge in [-0.05, 0) is 73.6 Å². The van der Waals surface area contributed by atoms with E-state index in [0.717, 1.165) is 60.4 Å². The van der Waals surface area contributed by atoms with Crippen LogP contribution in [0.5, 0.6) is 0 Å². The smallest absolute Gasteiger partial charge is 0.253 e. The van der Waals surface area contributed by atoms with Crippen molar-refractivity contribution in [1.82, 2.24) is 14.9 Å². The van der Waals surface area contributed by atoms with Crippen LogP contribution in [-0.4, -0.2) is 33.9 Å². The number of fused-ring (bicyclic) bond motifs is 1. The molecule has 4 aromatic rings. The summed E-state index contributed by atoms with van der Waals surface area (Å²) in [7, 11) is 0. The van der Waals surface area contributed by atoms with Crippen molar-refractivity contribution in [3.05, 3.63) is 102 Å². The Bertz CT molecular complexity index is 1280. The van der Waals surface area contributed by atoms with E-state index in [1.54, 1.807) is 6.20 Å². The normalized spacial score (nSPS) is 15.9. The lowest BCUT2D eigenvalue weighted by molar-refractivity contribution is 0.0673. The molecule has 5 heteroatoms. The molecule has 5 rings (SSSR count). The molecule has 0 bridgehead atoms. The summed E-state index contributed by atoms with van der Waals surface area (Å²) in [5.41, 5.74) is 6.16. The molecular weight excluding hydrogens is 420 g/mol. The highest BCUT2D eigenvalue weighted by atomic mass is 16.2. The fraction of sp³-hybridized carbons (Fsp3) is 0.276. The molecule has 0 aliphatic carbocycles. The number of aryl methyl sites for hydroxylation is 1. The lowest BCUT2D eigenvalue weighted by Gasteiger charge is -2.33. The third kappa shape index (κ3) is 4.93. The average molecular weight is 451 g/mol. The number of benzene rings is 2. The van der Waals surface area contributed by atoms with Gasteiger partial charge in [0.05, 0.1) is 17.8 Å². The van der Waals surface area contributed by atoms with Crippen molar-refractivity contribution in [3.8, 4) is 0 Å². The molecular formula is C29H30N4O. The zero-order chi connectivity index (χ0) is 23.3. The fourth-order valence-corrected chi connectivity index (χ4v) is 4.88. The molecule has 5 nitrogen and oxygen atoms in total. The van der Waals surface area contributed by atoms with E-state index >= 15 is 0 Å². The molecule has 3 heterocycles. The summed E-state index contributed by atoms with van der Waals surface area (Å²) in [6, 6.07) is 22.3. The Balaban J connectivity index is 1.28. The first-order valence-electron chi connectivity index (χ1n) is 12.0. The number of rotatable bonds is 6. The number of carbonyl (C=O) groups excluding carboxylic acids is 1. The Morgan fingerprint density at radius 2 is 1.91 bits per heavy atom. The van der Waals surface area contributed by atoms with Gasteiger partial charge in [-0.15, -0.1) is 0 Å². The lowest BCUT2D eigenvalue weighted by atomic mass is 9.90. The number of para-hydroxylation sites is 1. The van der Waals surface area contributed by atoms with E-state index < -0.39 is 0 Å². The Labute approximate surface area is 200 Å². The van der Waals surface area contributed by atoms with Gasteiger partial charge in [0.2, 0.25) is 0 Å². The van der Waals surface area contributed by atoms with Crippen molar-refractivity contribution < 1.29 is 4.79 Å². The summed E-state index contributed by atoms with van der Waals surface area (Å²) < 4.78 is 0. The maximum atomic E-state index is 13.4. The summed E-state index contributed by atoms with van der Waals surface area (Å²) in [5.74, 6) is 0.555. The summed E-state index contributed by atoms with van der Waals surface area (Å²) >= 11 is 0. The number of nitrogens with zero attached hydrogens (tertiary/aromatic N) is 3. The van der Waals surface area contributed by atoms with Crippen LogP contribution in [-0.2, 0) is 13.0 Å². The predicted molar refractivity (Wildman–Crippen MR) is 137 cm³/mol. The van der Waals surface area contributed by atoms with Crippen molar-refractivity contribution in [2.24, 2.45) is 5.92 Å². The van der Waals surface area contributed by atoms with Gasteiger partial charge >= 0.3 is 0 Å². The molecule has 1 fully saturated rings. The molecule has 2 aromatic carbocycles. The van der Waals surface area contributed by atoms with Crippen LogP contribution < -0.4 is 5.32 Å². The van der Waals surface area contributed by atoms with E-state index in [2.05, 4.69) is 46.5 Å². The van der Waals surface area contributed by atoms with E-state index in [-0.39, 0.29) is 5.91 Å². The van der Waals surface area contributed by atoms with Crippen molar-refractivity contribution >= 4 is 22.5 Å². The number of aromatic nitrogens is 2. The van der Waals surface area contributed by atoms with Crippen LogP contribution in [0.25, 0.3) is 10.9 Å². The standard InChI is InChI=1S/C29H30N4O/c1-21-12-13-25(18-27(21)32-19-26-11-2-3-14-30-26)29(34)33-16-6-7-22(20-33)17-24-9-4-8-23-10-5-15-31-28(23)24/h2-5,8-15,18,22,32H,6-7,16-17,19-20H2,1H3/t22-/m0/s1. The minimum atomic E-state index is 0.113. The molecule has 1 amide bonds. The largest absolute Gasteiger partial charge is 0.379 e. The quantitative estimate of drug-likeness (QED) is 0.413. The monoisotopic (exact) mass is 450 g/mol. The predicted octanol–water partition coefficient (Wildman–Crippen LogP) is 5.65. The third-order valence-corrected chi connectivity index (χ3v) is 6.70. The SMILES string of the molecule is Cc1ccc(C(=O)N2CCC[C@@H](Cc3cccc4cccnc34)C2)cc1NCc1ccccn1. The Kier molecular flexibility index (Phi) is 6.52. The summed E-state index contributed by atoms with van der Waals surface area (Å²) in [5, 5.41) is 4.62. The number of pyridine rings is 2. The Morgan fingerprint density at radius 3 is 2.79 bits per heavy atom. The average Bonchev–Trinajstić information content (AvgIpc) is 2.89. The number of nitrogens with one attached hydrogen (secondary N) is 1. The number of piperidine rings is 1. The number of hydrogen-bond acceptors (Lipinski definition) is 4. The number of anilines is 1. The molecule has 34 heavy (non-hydrogen) atoms. The molecule has 1 N–H and O–H groups in total. The van der Waals surface area contributed by atoms with Crippen LogP contribution in [0.4, 0.5) is 5.69 Å². The summed E-state index contributed by atoms with van der Waals surface area (Å²) in [6.07, 6.45) is 6.77. The fourth-order valence-electron chi connectivity index (χ4n) is 4.88. The van der Waals surface area contributed by atoms with Crippen molar-refractivity contribution in [1.29, 1.82) is 0 Å². The van der Waals surface area contributed by atoms with Crippen LogP contribution in [0.3, 0.4) is 0 Å². The van der Waals surface area contributed by atoms with Gasteiger partial charge in [0.25, 0.3) is 5.91 Å². The Morgan fingerprint density at radius 1 is 1.03 bits per heavy atom. The van der Waals surface area contributed by atoms with E-state index in [0.29, 0.717) is 12.5 Å². The molecule has 0 saturated carbocycles. The van der Waals surface area contributed by atoms with Crippen molar-refractivity contribution in [2.45, 2.75) is 32.7 Å². The third-order valence-electron chi connectivity index (χ3n) is 6.70. The van der Waals surface area contributed by atoms with Crippen LogP contribution in [0.2, 0.25) is 0 Å². The highest BCUT2D eigenvalue weighted by molar-refractivity contribution is 5.95. The van der Waals surface area contributed by atoms with Crippen molar-refractivity contribution in [3.63, 3.8) is 0 Å². The second kappa shape index (κ2) is 10.0. The van der Waals surface area contributed by atoms with E-state index in [1.165, 1.54) is 10.9 Å². The first-order chi connectivity index (χ1) is 16.7. The molecule has 1 aliphatic heterocycles. The van der Waals surface area contributed by atoms with Crippen molar-refractivity contribution in [2.75, 3.05) is 18.4 Å². The summed E-state index contributed by atoms with van der Waals surface area (Å²) in [4.78, 5) is 24.4. The maximum Gasteiger partial charge on any atom is 0.253 e. The van der Waals surface area contributed by atoms with Gasteiger partial charge in [0.1, 0.15) is 0 Å². The number of likely N-dealkylation sites (tertiary alicyclic amines) is 1. The zero-order valence-electron chi connectivity index (χ0n) is 19.6. The van der Waals surface area contributed by atoms with Gasteiger partial charge in [0.15, 0.2) is 0 Å². The minimum absolute atomic E-state index is 0.113. The van der Waals surface area contributed by atoms with E-state index in [4.69, 9.17) is 0 Å². The second-order valence-corrected chi connectivity index (χ2v) is 9.16. The van der Waals surface area contributed by atoms with Crippen LogP contribution >= 0.6 is 0 Å². The second-order valence-electron chi connectivity index (χ2n) is 9.16. The first-order valence-corrected chi connectivity index (χ1v) is 12.0. The van der Waals surface area contributed by atoms with Gasteiger partial charge in [-0.1, -0.05) is 36.4 Å². The van der Waals surface area contributed by atoms with E-state index in [1.807, 2.05) is 53.6 Å². The van der Waals surface area contributed by atoms with Crippen LogP contribution in [0.15, 0.2) is 79.1 Å². The van der Waals surface area contributed by atoms with Gasteiger partial charge in [-0.3, -0.25) is 14.8 Å². The van der Waals surface area contributed by atoms with Gasteiger partial charge in [0, 0.05) is 42.1 Å². The molecule has 1 saturated heterocycles. The van der Waals surface area contributed by atoms with Crippen LogP contribution in [0, 0.1) is 12.8 Å². The highest BCUT2D eigenvalue weighted by Gasteiger charge is 2.25. The van der Waals surface area contributed by atoms with Crippen LogP contribution in [0.1, 0.15) is 40.0 Å². The first kappa shape index (κ1) is 22.1. The molecule has 1 atom stereocenters. The number of carbonyl (C=O) groups is 1. The van der Waals surface area contributed by atoms with Gasteiger partial charge in [-0.25, -0.2) is 0 Å². The van der Waals surface area contributed by atoms with Gasteiger partial charge < -0.3 is 10.2 Å². The highest BCUT2D eigenvalue weighted by Crippen LogP contribution is 2.26. The maximum absolute atomic E-state index is 13.4. The van der Waals surface area contributed by atoms with E-state index in [9.17, 15) is 4.79 Å². The molecule has 172 valence electrons. The molecule has 0 spiro atoms. The number of hydrogen-bond donors (Lipinski definition) is 1. The lowest BCUT2D eigenvalue weighted by Crippen LogP contribution is -2.40. The van der Waals surface area contributed by atoms with Gasteiger partial charge in [-0.2, -0.15) is 0 Å². The number of amides is 1. The molecule has 0 radical (unpaired) electrons.